The Morgan fingerprint density at radius 3 is 2.71 bits per heavy atom. The maximum absolute atomic E-state index is 13.7. The SMILES string of the molecule is C/C=C/CCc1ccc(C(=O)OC2C=CC(F)(C#N)C(F)=C2)cc1. The summed E-state index contributed by atoms with van der Waals surface area (Å²) in [6, 6.07) is 8.15. The predicted molar refractivity (Wildman–Crippen MR) is 86.6 cm³/mol. The Hall–Kier alpha value is -2.74. The molecule has 0 bridgehead atoms. The molecule has 5 heteroatoms. The monoisotopic (exact) mass is 329 g/mol. The highest BCUT2D eigenvalue weighted by Crippen LogP contribution is 2.29. The highest BCUT2D eigenvalue weighted by atomic mass is 19.2. The Balaban J connectivity index is 1.98. The number of allylic oxidation sites excluding steroid dienone is 4. The summed E-state index contributed by atoms with van der Waals surface area (Å²) in [5.41, 5.74) is -1.37. The molecular weight excluding hydrogens is 312 g/mol. The molecule has 0 saturated heterocycles. The van der Waals surface area contributed by atoms with Crippen LogP contribution in [0.5, 0.6) is 0 Å². The molecule has 0 aliphatic heterocycles. The van der Waals surface area contributed by atoms with E-state index < -0.39 is 23.6 Å². The van der Waals surface area contributed by atoms with Gasteiger partial charge in [0, 0.05) is 0 Å². The van der Waals surface area contributed by atoms with E-state index in [0.717, 1.165) is 36.6 Å². The number of aryl methyl sites for hydroxylation is 1. The molecule has 0 saturated carbocycles. The van der Waals surface area contributed by atoms with E-state index in [1.165, 1.54) is 6.07 Å². The second-order valence-corrected chi connectivity index (χ2v) is 5.37. The van der Waals surface area contributed by atoms with E-state index in [9.17, 15) is 13.6 Å². The number of halogens is 2. The van der Waals surface area contributed by atoms with E-state index in [0.29, 0.717) is 5.56 Å². The summed E-state index contributed by atoms with van der Waals surface area (Å²) in [5.74, 6) is -1.92. The van der Waals surface area contributed by atoms with Crippen LogP contribution in [-0.2, 0) is 11.2 Å². The largest absolute Gasteiger partial charge is 0.450 e. The fourth-order valence-electron chi connectivity index (χ4n) is 2.21. The molecule has 1 aliphatic rings. The molecule has 1 aromatic rings. The maximum atomic E-state index is 13.7. The predicted octanol–water partition coefficient (Wildman–Crippen LogP) is 4.38. The molecule has 0 aromatic heterocycles. The molecule has 0 amide bonds. The Morgan fingerprint density at radius 1 is 1.42 bits per heavy atom. The van der Waals surface area contributed by atoms with Gasteiger partial charge < -0.3 is 4.74 Å². The maximum Gasteiger partial charge on any atom is 0.339 e. The summed E-state index contributed by atoms with van der Waals surface area (Å²) in [6.07, 6.45) is 7.47. The lowest BCUT2D eigenvalue weighted by molar-refractivity contribution is 0.0452. The van der Waals surface area contributed by atoms with Gasteiger partial charge in [-0.25, -0.2) is 13.6 Å². The minimum Gasteiger partial charge on any atom is -0.450 e. The van der Waals surface area contributed by atoms with Crippen molar-refractivity contribution >= 4 is 5.97 Å². The number of ether oxygens (including phenoxy) is 1. The average molecular weight is 329 g/mol. The van der Waals surface area contributed by atoms with Crippen LogP contribution in [0.1, 0.15) is 29.3 Å². The number of esters is 1. The Labute approximate surface area is 139 Å². The molecule has 0 N–H and O–H groups in total. The molecule has 2 rings (SSSR count). The van der Waals surface area contributed by atoms with Gasteiger partial charge in [-0.15, -0.1) is 0 Å². The molecule has 24 heavy (non-hydrogen) atoms. The van der Waals surface area contributed by atoms with E-state index in [1.54, 1.807) is 12.1 Å². The van der Waals surface area contributed by atoms with Crippen LogP contribution in [0.25, 0.3) is 0 Å². The van der Waals surface area contributed by atoms with E-state index in [4.69, 9.17) is 10.00 Å². The van der Waals surface area contributed by atoms with Crippen LogP contribution in [0.3, 0.4) is 0 Å². The normalized spacial score (nSPS) is 22.9. The number of nitriles is 1. The first-order valence-corrected chi connectivity index (χ1v) is 7.57. The zero-order valence-electron chi connectivity index (χ0n) is 13.2. The lowest BCUT2D eigenvalue weighted by Gasteiger charge is -2.19. The van der Waals surface area contributed by atoms with Crippen molar-refractivity contribution in [2.75, 3.05) is 0 Å². The first-order valence-electron chi connectivity index (χ1n) is 7.57. The fourth-order valence-corrected chi connectivity index (χ4v) is 2.21. The van der Waals surface area contributed by atoms with Crippen LogP contribution in [0.2, 0.25) is 0 Å². The van der Waals surface area contributed by atoms with Gasteiger partial charge in [0.1, 0.15) is 12.2 Å². The summed E-state index contributed by atoms with van der Waals surface area (Å²) in [7, 11) is 0. The molecule has 1 aromatic carbocycles. The van der Waals surface area contributed by atoms with Gasteiger partial charge in [-0.1, -0.05) is 24.3 Å². The number of alkyl halides is 1. The minimum absolute atomic E-state index is 0.323. The first kappa shape index (κ1) is 17.6. The van der Waals surface area contributed by atoms with Crippen LogP contribution in [0, 0.1) is 11.3 Å². The van der Waals surface area contributed by atoms with Crippen molar-refractivity contribution < 1.29 is 18.3 Å². The fraction of sp³-hybridized carbons (Fsp3) is 0.263. The van der Waals surface area contributed by atoms with Gasteiger partial charge in [0.2, 0.25) is 0 Å². The number of hydrogen-bond acceptors (Lipinski definition) is 3. The average Bonchev–Trinajstić information content (AvgIpc) is 2.59. The summed E-state index contributed by atoms with van der Waals surface area (Å²) in [6.45, 7) is 1.96. The third-order valence-corrected chi connectivity index (χ3v) is 3.60. The van der Waals surface area contributed by atoms with Crippen LogP contribution in [0.4, 0.5) is 8.78 Å². The molecule has 124 valence electrons. The lowest BCUT2D eigenvalue weighted by atomic mass is 9.99. The Morgan fingerprint density at radius 2 is 2.12 bits per heavy atom. The summed E-state index contributed by atoms with van der Waals surface area (Å²) >= 11 is 0. The van der Waals surface area contributed by atoms with Crippen molar-refractivity contribution in [2.24, 2.45) is 0 Å². The standard InChI is InChI=1S/C19H17F2NO2/c1-2-3-4-5-14-6-8-15(9-7-14)18(23)24-16-10-11-19(21,13-22)17(20)12-16/h2-3,6-12,16H,4-5H2,1H3/b3-2+. The van der Waals surface area contributed by atoms with E-state index >= 15 is 0 Å². The van der Waals surface area contributed by atoms with E-state index in [2.05, 4.69) is 6.08 Å². The molecule has 0 radical (unpaired) electrons. The number of rotatable bonds is 5. The van der Waals surface area contributed by atoms with Crippen molar-refractivity contribution in [3.05, 3.63) is 71.6 Å². The lowest BCUT2D eigenvalue weighted by Crippen LogP contribution is -2.26. The molecule has 1 aliphatic carbocycles. The number of carbonyl (C=O) groups is 1. The number of nitrogens with zero attached hydrogens (tertiary/aromatic N) is 1. The van der Waals surface area contributed by atoms with Crippen LogP contribution >= 0.6 is 0 Å². The van der Waals surface area contributed by atoms with Crippen LogP contribution < -0.4 is 0 Å². The van der Waals surface area contributed by atoms with Crippen molar-refractivity contribution in [3.8, 4) is 6.07 Å². The highest BCUT2D eigenvalue weighted by Gasteiger charge is 2.36. The minimum atomic E-state index is -2.78. The number of carbonyl (C=O) groups excluding carboxylic acids is 1. The topological polar surface area (TPSA) is 50.1 Å². The molecule has 2 atom stereocenters. The highest BCUT2D eigenvalue weighted by molar-refractivity contribution is 5.89. The van der Waals surface area contributed by atoms with Crippen molar-refractivity contribution in [3.63, 3.8) is 0 Å². The van der Waals surface area contributed by atoms with E-state index in [-0.39, 0.29) is 0 Å². The van der Waals surface area contributed by atoms with Crippen LogP contribution in [-0.4, -0.2) is 17.7 Å². The summed E-state index contributed by atoms with van der Waals surface area (Å²) in [4.78, 5) is 12.0. The van der Waals surface area contributed by atoms with Crippen molar-refractivity contribution in [2.45, 2.75) is 31.5 Å². The second kappa shape index (κ2) is 7.69. The molecule has 0 fully saturated rings. The van der Waals surface area contributed by atoms with E-state index in [1.807, 2.05) is 25.1 Å². The first-order chi connectivity index (χ1) is 11.5. The Kier molecular flexibility index (Phi) is 5.64. The number of benzene rings is 1. The van der Waals surface area contributed by atoms with Crippen molar-refractivity contribution in [1.82, 2.24) is 0 Å². The van der Waals surface area contributed by atoms with Gasteiger partial charge in [-0.05, 0) is 55.7 Å². The molecule has 0 spiro atoms. The molecular formula is C19H17F2NO2. The quantitative estimate of drug-likeness (QED) is 0.595. The van der Waals surface area contributed by atoms with Crippen molar-refractivity contribution in [1.29, 1.82) is 5.26 Å². The molecule has 0 heterocycles. The second-order valence-electron chi connectivity index (χ2n) is 5.37. The third-order valence-electron chi connectivity index (χ3n) is 3.60. The van der Waals surface area contributed by atoms with Gasteiger partial charge in [-0.3, -0.25) is 0 Å². The van der Waals surface area contributed by atoms with Gasteiger partial charge >= 0.3 is 5.97 Å². The van der Waals surface area contributed by atoms with Crippen LogP contribution in [0.15, 0.2) is 60.5 Å². The van der Waals surface area contributed by atoms with Gasteiger partial charge in [0.05, 0.1) is 5.56 Å². The Bertz CT molecular complexity index is 729. The smallest absolute Gasteiger partial charge is 0.339 e. The van der Waals surface area contributed by atoms with Gasteiger partial charge in [0.15, 0.2) is 5.83 Å². The molecule has 3 nitrogen and oxygen atoms in total. The summed E-state index contributed by atoms with van der Waals surface area (Å²) < 4.78 is 32.3. The van der Waals surface area contributed by atoms with Gasteiger partial charge in [-0.2, -0.15) is 5.26 Å². The third kappa shape index (κ3) is 4.17. The van der Waals surface area contributed by atoms with Gasteiger partial charge in [0.25, 0.3) is 5.67 Å². The molecule has 2 unspecified atom stereocenters. The zero-order valence-corrected chi connectivity index (χ0v) is 13.2. The number of hydrogen-bond donors (Lipinski definition) is 0. The zero-order chi connectivity index (χ0) is 17.6. The summed E-state index contributed by atoms with van der Waals surface area (Å²) in [5, 5.41) is 8.60.